The summed E-state index contributed by atoms with van der Waals surface area (Å²) in [4.78, 5) is 0. The molecule has 2 rings (SSSR count). The number of rotatable bonds is 3. The predicted molar refractivity (Wildman–Crippen MR) is 58.4 cm³/mol. The van der Waals surface area contributed by atoms with E-state index >= 15 is 0 Å². The number of nitrogens with one attached hydrogen (secondary N) is 1. The van der Waals surface area contributed by atoms with Gasteiger partial charge >= 0.3 is 0 Å². The van der Waals surface area contributed by atoms with Gasteiger partial charge in [0.15, 0.2) is 0 Å². The summed E-state index contributed by atoms with van der Waals surface area (Å²) in [6, 6.07) is 0. The highest BCUT2D eigenvalue weighted by Crippen LogP contribution is 2.14. The predicted octanol–water partition coefficient (Wildman–Crippen LogP) is 1.21. The minimum atomic E-state index is -0.313. The number of halogens is 1. The summed E-state index contributed by atoms with van der Waals surface area (Å²) in [6.07, 6.45) is 3.29. The highest BCUT2D eigenvalue weighted by molar-refractivity contribution is 5.43. The molecule has 0 saturated carbocycles. The van der Waals surface area contributed by atoms with Gasteiger partial charge in [0.05, 0.1) is 12.4 Å². The van der Waals surface area contributed by atoms with Crippen molar-refractivity contribution in [3.8, 4) is 0 Å². The zero-order valence-electron chi connectivity index (χ0n) is 9.53. The van der Waals surface area contributed by atoms with E-state index in [2.05, 4.69) is 15.5 Å². The summed E-state index contributed by atoms with van der Waals surface area (Å²) in [7, 11) is 3.42. The van der Waals surface area contributed by atoms with Crippen molar-refractivity contribution in [3.63, 3.8) is 0 Å². The molecule has 86 valence electrons. The second-order valence-electron chi connectivity index (χ2n) is 3.74. The van der Waals surface area contributed by atoms with Crippen LogP contribution >= 0.6 is 0 Å². The van der Waals surface area contributed by atoms with Gasteiger partial charge in [-0.05, 0) is 6.92 Å². The lowest BCUT2D eigenvalue weighted by molar-refractivity contribution is 0.496. The third kappa shape index (κ3) is 1.78. The average Bonchev–Trinajstić information content (AvgIpc) is 2.73. The Morgan fingerprint density at radius 2 is 1.94 bits per heavy atom. The van der Waals surface area contributed by atoms with E-state index in [9.17, 15) is 4.39 Å². The van der Waals surface area contributed by atoms with Crippen LogP contribution in [0.3, 0.4) is 0 Å². The zero-order valence-corrected chi connectivity index (χ0v) is 9.53. The van der Waals surface area contributed by atoms with Crippen LogP contribution in [0.1, 0.15) is 11.1 Å². The highest BCUT2D eigenvalue weighted by atomic mass is 19.1. The van der Waals surface area contributed by atoms with Gasteiger partial charge in [-0.2, -0.15) is 14.6 Å². The van der Waals surface area contributed by atoms with Crippen molar-refractivity contribution in [3.05, 3.63) is 29.5 Å². The van der Waals surface area contributed by atoms with Crippen LogP contribution in [0.15, 0.2) is 12.4 Å². The van der Waals surface area contributed by atoms with Crippen molar-refractivity contribution in [2.24, 2.45) is 14.1 Å². The molecule has 0 aliphatic rings. The normalized spacial score (nSPS) is 10.8. The van der Waals surface area contributed by atoms with E-state index in [1.807, 2.05) is 14.0 Å². The van der Waals surface area contributed by atoms with Gasteiger partial charge in [0, 0.05) is 31.8 Å². The van der Waals surface area contributed by atoms with Crippen LogP contribution in [-0.4, -0.2) is 19.6 Å². The molecule has 6 heteroatoms. The third-order valence-electron chi connectivity index (χ3n) is 2.50. The summed E-state index contributed by atoms with van der Waals surface area (Å²) in [5.74, 6) is 0.579. The summed E-state index contributed by atoms with van der Waals surface area (Å²) < 4.78 is 16.4. The zero-order chi connectivity index (χ0) is 11.7. The van der Waals surface area contributed by atoms with Crippen molar-refractivity contribution in [1.82, 2.24) is 19.6 Å². The molecule has 1 N–H and O–H groups in total. The Balaban J connectivity index is 2.11. The second-order valence-corrected chi connectivity index (χ2v) is 3.74. The molecule has 16 heavy (non-hydrogen) atoms. The summed E-state index contributed by atoms with van der Waals surface area (Å²) >= 11 is 0. The molecule has 2 aromatic rings. The number of hydrogen-bond acceptors (Lipinski definition) is 3. The van der Waals surface area contributed by atoms with Crippen molar-refractivity contribution in [2.75, 3.05) is 5.32 Å². The first-order valence-corrected chi connectivity index (χ1v) is 4.98. The quantitative estimate of drug-likeness (QED) is 0.851. The minimum Gasteiger partial charge on any atom is -0.366 e. The Hall–Kier alpha value is -1.85. The first-order chi connectivity index (χ1) is 7.59. The van der Waals surface area contributed by atoms with Gasteiger partial charge in [0.1, 0.15) is 5.82 Å². The molecule has 0 fully saturated rings. The van der Waals surface area contributed by atoms with E-state index in [1.165, 1.54) is 10.9 Å². The van der Waals surface area contributed by atoms with Gasteiger partial charge < -0.3 is 5.32 Å². The molecule has 0 radical (unpaired) electrons. The van der Waals surface area contributed by atoms with Crippen LogP contribution in [0.5, 0.6) is 0 Å². The summed E-state index contributed by atoms with van der Waals surface area (Å²) in [6.45, 7) is 2.36. The van der Waals surface area contributed by atoms with Crippen LogP contribution < -0.4 is 5.32 Å². The van der Waals surface area contributed by atoms with Crippen LogP contribution in [0, 0.1) is 12.9 Å². The van der Waals surface area contributed by atoms with Gasteiger partial charge in [0.2, 0.25) is 5.95 Å². The standard InChI is InChI=1S/C10H14FN5/c1-7-4-13-16(3)10(7)12-5-8-6-14-15(2)9(8)11/h4,6,12H,5H2,1-3H3. The van der Waals surface area contributed by atoms with E-state index in [4.69, 9.17) is 0 Å². The van der Waals surface area contributed by atoms with Crippen molar-refractivity contribution in [1.29, 1.82) is 0 Å². The fourth-order valence-electron chi connectivity index (χ4n) is 1.57. The van der Waals surface area contributed by atoms with Gasteiger partial charge in [0.25, 0.3) is 0 Å². The molecular formula is C10H14FN5. The van der Waals surface area contributed by atoms with Gasteiger partial charge in [-0.15, -0.1) is 0 Å². The van der Waals surface area contributed by atoms with E-state index in [0.717, 1.165) is 11.4 Å². The monoisotopic (exact) mass is 223 g/mol. The highest BCUT2D eigenvalue weighted by Gasteiger charge is 2.09. The number of aryl methyl sites for hydroxylation is 3. The Labute approximate surface area is 92.9 Å². The Morgan fingerprint density at radius 1 is 1.25 bits per heavy atom. The fourth-order valence-corrected chi connectivity index (χ4v) is 1.57. The molecular weight excluding hydrogens is 209 g/mol. The lowest BCUT2D eigenvalue weighted by atomic mass is 10.3. The first kappa shape index (κ1) is 10.7. The molecule has 5 nitrogen and oxygen atoms in total. The Morgan fingerprint density at radius 3 is 2.44 bits per heavy atom. The van der Waals surface area contributed by atoms with Crippen LogP contribution in [0.4, 0.5) is 10.2 Å². The lowest BCUT2D eigenvalue weighted by Crippen LogP contribution is -2.07. The van der Waals surface area contributed by atoms with Crippen LogP contribution in [0.25, 0.3) is 0 Å². The molecule has 0 saturated heterocycles. The van der Waals surface area contributed by atoms with Crippen molar-refractivity contribution in [2.45, 2.75) is 13.5 Å². The molecule has 0 aromatic carbocycles. The van der Waals surface area contributed by atoms with E-state index < -0.39 is 0 Å². The first-order valence-electron chi connectivity index (χ1n) is 4.98. The molecule has 0 aliphatic heterocycles. The number of hydrogen-bond donors (Lipinski definition) is 1. The average molecular weight is 223 g/mol. The SMILES string of the molecule is Cc1cnn(C)c1NCc1cnn(C)c1F. The van der Waals surface area contributed by atoms with Crippen molar-refractivity contribution >= 4 is 5.82 Å². The van der Waals surface area contributed by atoms with E-state index in [0.29, 0.717) is 12.1 Å². The molecule has 0 unspecified atom stereocenters. The molecule has 0 spiro atoms. The van der Waals surface area contributed by atoms with E-state index in [1.54, 1.807) is 17.9 Å². The smallest absolute Gasteiger partial charge is 0.216 e. The molecule has 0 amide bonds. The number of aromatic nitrogens is 4. The maximum atomic E-state index is 13.4. The molecule has 2 aromatic heterocycles. The van der Waals surface area contributed by atoms with Gasteiger partial charge in [-0.25, -0.2) is 4.68 Å². The number of nitrogens with zero attached hydrogens (tertiary/aromatic N) is 4. The maximum Gasteiger partial charge on any atom is 0.216 e. The maximum absolute atomic E-state index is 13.4. The largest absolute Gasteiger partial charge is 0.366 e. The fraction of sp³-hybridized carbons (Fsp3) is 0.400. The molecule has 0 bridgehead atoms. The van der Waals surface area contributed by atoms with E-state index in [-0.39, 0.29) is 5.95 Å². The van der Waals surface area contributed by atoms with Crippen LogP contribution in [0.2, 0.25) is 0 Å². The van der Waals surface area contributed by atoms with Crippen LogP contribution in [-0.2, 0) is 20.6 Å². The molecule has 0 atom stereocenters. The topological polar surface area (TPSA) is 47.7 Å². The Kier molecular flexibility index (Phi) is 2.64. The second kappa shape index (κ2) is 3.96. The third-order valence-corrected chi connectivity index (χ3v) is 2.50. The van der Waals surface area contributed by atoms with Gasteiger partial charge in [-0.1, -0.05) is 0 Å². The molecule has 2 heterocycles. The number of anilines is 1. The minimum absolute atomic E-state index is 0.313. The summed E-state index contributed by atoms with van der Waals surface area (Å²) in [5.41, 5.74) is 1.58. The van der Waals surface area contributed by atoms with Crippen molar-refractivity contribution < 1.29 is 4.39 Å². The summed E-state index contributed by atoms with van der Waals surface area (Å²) in [5, 5.41) is 11.1. The Bertz CT molecular complexity index is 480. The molecule has 0 aliphatic carbocycles. The van der Waals surface area contributed by atoms with Gasteiger partial charge in [-0.3, -0.25) is 4.68 Å². The lowest BCUT2D eigenvalue weighted by Gasteiger charge is -2.06.